The molecule has 0 atom stereocenters. The van der Waals surface area contributed by atoms with Crippen LogP contribution < -0.4 is 15.5 Å². The fraction of sp³-hybridized carbons (Fsp3) is 0.250. The lowest BCUT2D eigenvalue weighted by Gasteiger charge is -2.07. The molecule has 2 amide bonds. The fourth-order valence-corrected chi connectivity index (χ4v) is 1.65. The van der Waals surface area contributed by atoms with Gasteiger partial charge in [-0.05, 0) is 42.8 Å². The summed E-state index contributed by atoms with van der Waals surface area (Å²) >= 11 is 0. The lowest BCUT2D eigenvalue weighted by Crippen LogP contribution is -2.24. The first-order chi connectivity index (χ1) is 10.8. The van der Waals surface area contributed by atoms with Gasteiger partial charge in [0, 0.05) is 5.69 Å². The molecule has 0 spiro atoms. The number of anilines is 1. The summed E-state index contributed by atoms with van der Waals surface area (Å²) in [6, 6.07) is 10.2. The molecule has 0 radical (unpaired) electrons. The number of hydrazone groups is 1. The van der Waals surface area contributed by atoms with E-state index in [1.807, 2.05) is 12.1 Å². The number of ether oxygens (including phenoxy) is 1. The Morgan fingerprint density at radius 1 is 1.32 bits per heavy atom. The normalized spacial score (nSPS) is 10.6. The van der Waals surface area contributed by atoms with Gasteiger partial charge in [0.2, 0.25) is 0 Å². The zero-order valence-electron chi connectivity index (χ0n) is 12.4. The number of nitrogens with zero attached hydrogens (tertiary/aromatic N) is 1. The van der Waals surface area contributed by atoms with Gasteiger partial charge in [0.25, 0.3) is 0 Å². The van der Waals surface area contributed by atoms with E-state index in [2.05, 4.69) is 22.8 Å². The first-order valence-electron chi connectivity index (χ1n) is 7.14. The molecular weight excluding hydrogens is 282 g/mol. The third-order valence-electron chi connectivity index (χ3n) is 2.78. The van der Waals surface area contributed by atoms with Crippen molar-refractivity contribution in [3.8, 4) is 5.75 Å². The highest BCUT2D eigenvalue weighted by atomic mass is 16.5. The molecule has 0 saturated carbocycles. The van der Waals surface area contributed by atoms with Crippen LogP contribution in [0.3, 0.4) is 0 Å². The smallest absolute Gasteiger partial charge is 0.339 e. The van der Waals surface area contributed by atoms with Crippen molar-refractivity contribution in [1.29, 1.82) is 0 Å². The van der Waals surface area contributed by atoms with E-state index in [9.17, 15) is 4.79 Å². The number of unbranched alkanes of at least 4 members (excludes halogenated alkanes) is 1. The van der Waals surface area contributed by atoms with Gasteiger partial charge in [-0.25, -0.2) is 10.2 Å². The number of carbonyl (C=O) groups excluding carboxylic acids is 1. The predicted octanol–water partition coefficient (Wildman–Crippen LogP) is 3.61. The zero-order valence-corrected chi connectivity index (χ0v) is 12.4. The first kappa shape index (κ1) is 15.6. The summed E-state index contributed by atoms with van der Waals surface area (Å²) in [6.07, 6.45) is 5.07. The number of hydrogen-bond donors (Lipinski definition) is 2. The van der Waals surface area contributed by atoms with Crippen LogP contribution in [-0.4, -0.2) is 18.9 Å². The van der Waals surface area contributed by atoms with Gasteiger partial charge in [-0.1, -0.05) is 13.3 Å². The van der Waals surface area contributed by atoms with Crippen LogP contribution in [0.1, 0.15) is 25.5 Å². The van der Waals surface area contributed by atoms with Crippen LogP contribution in [0.4, 0.5) is 10.5 Å². The van der Waals surface area contributed by atoms with Gasteiger partial charge in [0.15, 0.2) is 0 Å². The number of benzene rings is 1. The number of rotatable bonds is 7. The molecule has 22 heavy (non-hydrogen) atoms. The lowest BCUT2D eigenvalue weighted by atomic mass is 10.3. The zero-order chi connectivity index (χ0) is 15.6. The van der Waals surface area contributed by atoms with Gasteiger partial charge >= 0.3 is 6.03 Å². The van der Waals surface area contributed by atoms with Crippen molar-refractivity contribution in [3.05, 3.63) is 48.4 Å². The topological polar surface area (TPSA) is 75.9 Å². The van der Waals surface area contributed by atoms with Gasteiger partial charge in [0.1, 0.15) is 11.5 Å². The molecule has 0 aliphatic carbocycles. The number of nitrogens with one attached hydrogen (secondary N) is 2. The van der Waals surface area contributed by atoms with E-state index in [1.54, 1.807) is 24.3 Å². The molecule has 1 aromatic carbocycles. The Labute approximate surface area is 129 Å². The average Bonchev–Trinajstić information content (AvgIpc) is 3.03. The Morgan fingerprint density at radius 3 is 2.82 bits per heavy atom. The Kier molecular flexibility index (Phi) is 6.04. The van der Waals surface area contributed by atoms with Crippen molar-refractivity contribution in [3.63, 3.8) is 0 Å². The first-order valence-corrected chi connectivity index (χ1v) is 7.14. The SMILES string of the molecule is CCCCOc1ccc(NC(=O)NN=Cc2ccco2)cc1. The monoisotopic (exact) mass is 301 g/mol. The summed E-state index contributed by atoms with van der Waals surface area (Å²) in [5, 5.41) is 6.44. The van der Waals surface area contributed by atoms with Gasteiger partial charge in [-0.3, -0.25) is 0 Å². The minimum absolute atomic E-state index is 0.428. The Bertz CT molecular complexity index is 592. The van der Waals surface area contributed by atoms with E-state index in [1.165, 1.54) is 12.5 Å². The number of carbonyl (C=O) groups is 1. The molecule has 0 saturated heterocycles. The van der Waals surface area contributed by atoms with E-state index < -0.39 is 6.03 Å². The molecule has 0 aliphatic heterocycles. The summed E-state index contributed by atoms with van der Waals surface area (Å²) in [5.41, 5.74) is 3.01. The predicted molar refractivity (Wildman–Crippen MR) is 85.3 cm³/mol. The summed E-state index contributed by atoms with van der Waals surface area (Å²) < 4.78 is 10.6. The summed E-state index contributed by atoms with van der Waals surface area (Å²) in [6.45, 7) is 2.81. The van der Waals surface area contributed by atoms with Crippen LogP contribution in [0, 0.1) is 0 Å². The molecule has 0 unspecified atom stereocenters. The average molecular weight is 301 g/mol. The standard InChI is InChI=1S/C16H19N3O3/c1-2-3-10-21-14-8-6-13(7-9-14)18-16(20)19-17-12-15-5-4-11-22-15/h4-9,11-12H,2-3,10H2,1H3,(H2,18,19,20). The highest BCUT2D eigenvalue weighted by Gasteiger charge is 2.00. The molecule has 2 N–H and O–H groups in total. The van der Waals surface area contributed by atoms with Crippen LogP contribution in [0.25, 0.3) is 0 Å². The minimum atomic E-state index is -0.428. The van der Waals surface area contributed by atoms with E-state index in [0.717, 1.165) is 18.6 Å². The third kappa shape index (κ3) is 5.32. The van der Waals surface area contributed by atoms with Crippen LogP contribution in [0.5, 0.6) is 5.75 Å². The van der Waals surface area contributed by atoms with Crippen LogP contribution in [-0.2, 0) is 0 Å². The molecule has 0 bridgehead atoms. The van der Waals surface area contributed by atoms with Gasteiger partial charge in [-0.15, -0.1) is 0 Å². The molecule has 116 valence electrons. The van der Waals surface area contributed by atoms with Crippen molar-refractivity contribution >= 4 is 17.9 Å². The maximum Gasteiger partial charge on any atom is 0.339 e. The maximum atomic E-state index is 11.6. The highest BCUT2D eigenvalue weighted by molar-refractivity contribution is 5.90. The van der Waals surface area contributed by atoms with Crippen LogP contribution in [0.2, 0.25) is 0 Å². The largest absolute Gasteiger partial charge is 0.494 e. The molecule has 2 rings (SSSR count). The fourth-order valence-electron chi connectivity index (χ4n) is 1.65. The summed E-state index contributed by atoms with van der Waals surface area (Å²) in [7, 11) is 0. The van der Waals surface area contributed by atoms with E-state index in [0.29, 0.717) is 18.1 Å². The molecule has 1 heterocycles. The molecule has 6 nitrogen and oxygen atoms in total. The number of furan rings is 1. The summed E-state index contributed by atoms with van der Waals surface area (Å²) in [4.78, 5) is 11.6. The summed E-state index contributed by atoms with van der Waals surface area (Å²) in [5.74, 6) is 1.35. The maximum absolute atomic E-state index is 11.6. The number of urea groups is 1. The van der Waals surface area contributed by atoms with Gasteiger partial charge < -0.3 is 14.5 Å². The minimum Gasteiger partial charge on any atom is -0.494 e. The van der Waals surface area contributed by atoms with Crippen molar-refractivity contribution in [2.45, 2.75) is 19.8 Å². The second kappa shape index (κ2) is 8.51. The molecule has 0 fully saturated rings. The van der Waals surface area contributed by atoms with E-state index in [-0.39, 0.29) is 0 Å². The van der Waals surface area contributed by atoms with Crippen molar-refractivity contribution in [2.24, 2.45) is 5.10 Å². The second-order valence-corrected chi connectivity index (χ2v) is 4.57. The van der Waals surface area contributed by atoms with Crippen molar-refractivity contribution in [2.75, 3.05) is 11.9 Å². The number of hydrogen-bond acceptors (Lipinski definition) is 4. The van der Waals surface area contributed by atoms with Crippen molar-refractivity contribution in [1.82, 2.24) is 5.43 Å². The Balaban J connectivity index is 1.76. The second-order valence-electron chi connectivity index (χ2n) is 4.57. The highest BCUT2D eigenvalue weighted by Crippen LogP contribution is 2.15. The lowest BCUT2D eigenvalue weighted by molar-refractivity contribution is 0.252. The van der Waals surface area contributed by atoms with E-state index in [4.69, 9.17) is 9.15 Å². The molecule has 0 aliphatic rings. The quantitative estimate of drug-likeness (QED) is 0.466. The van der Waals surface area contributed by atoms with E-state index >= 15 is 0 Å². The van der Waals surface area contributed by atoms with Crippen molar-refractivity contribution < 1.29 is 13.9 Å². The number of amides is 2. The Hall–Kier alpha value is -2.76. The van der Waals surface area contributed by atoms with Gasteiger partial charge in [0.05, 0.1) is 19.1 Å². The molecule has 1 aromatic heterocycles. The molecule has 6 heteroatoms. The molecular formula is C16H19N3O3. The van der Waals surface area contributed by atoms with Gasteiger partial charge in [-0.2, -0.15) is 5.10 Å². The van der Waals surface area contributed by atoms with Crippen LogP contribution in [0.15, 0.2) is 52.2 Å². The third-order valence-corrected chi connectivity index (χ3v) is 2.78. The molecule has 2 aromatic rings. The van der Waals surface area contributed by atoms with Crippen LogP contribution >= 0.6 is 0 Å². The Morgan fingerprint density at radius 2 is 2.14 bits per heavy atom.